The highest BCUT2D eigenvalue weighted by atomic mass is 16.6. The summed E-state index contributed by atoms with van der Waals surface area (Å²) in [5.74, 6) is 1.21. The lowest BCUT2D eigenvalue weighted by Gasteiger charge is -2.47. The molecule has 22 heavy (non-hydrogen) atoms. The van der Waals surface area contributed by atoms with E-state index in [1.165, 1.54) is 12.8 Å². The van der Waals surface area contributed by atoms with E-state index in [4.69, 9.17) is 4.74 Å². The first-order chi connectivity index (χ1) is 10.0. The first-order valence-electron chi connectivity index (χ1n) is 8.46. The van der Waals surface area contributed by atoms with Gasteiger partial charge in [-0.25, -0.2) is 4.79 Å². The number of β-amino-alcohol motifs (C(OH)–C–C–N with tert-alkyl or cyclic N) is 1. The summed E-state index contributed by atoms with van der Waals surface area (Å²) in [5, 5.41) is 9.98. The van der Waals surface area contributed by atoms with Gasteiger partial charge in [-0.3, -0.25) is 0 Å². The first kappa shape index (κ1) is 17.5. The summed E-state index contributed by atoms with van der Waals surface area (Å²) in [6.45, 7) is 13.9. The normalized spacial score (nSPS) is 25.0. The highest BCUT2D eigenvalue weighted by molar-refractivity contribution is 5.69. The molecule has 5 nitrogen and oxygen atoms in total. The standard InChI is InChI=1S/C17H32N2O3/c1-16(2,3)22-15(20)19-10-14(11-19)13-7-6-8-18(9-13)12-17(4,5)21/h13-14,21H,6-12H2,1-5H3/t13-/m0/s1. The summed E-state index contributed by atoms with van der Waals surface area (Å²) in [7, 11) is 0. The molecule has 2 heterocycles. The first-order valence-corrected chi connectivity index (χ1v) is 8.46. The number of amides is 1. The number of ether oxygens (including phenoxy) is 1. The molecule has 0 bridgehead atoms. The third-order valence-corrected chi connectivity index (χ3v) is 4.38. The van der Waals surface area contributed by atoms with Crippen molar-refractivity contribution in [2.24, 2.45) is 11.8 Å². The van der Waals surface area contributed by atoms with Crippen molar-refractivity contribution in [2.75, 3.05) is 32.7 Å². The number of rotatable bonds is 3. The van der Waals surface area contributed by atoms with Crippen LogP contribution in [0.4, 0.5) is 4.79 Å². The van der Waals surface area contributed by atoms with Crippen molar-refractivity contribution in [1.29, 1.82) is 0 Å². The quantitative estimate of drug-likeness (QED) is 0.869. The number of aliphatic hydroxyl groups is 1. The lowest BCUT2D eigenvalue weighted by molar-refractivity contribution is -0.0278. The van der Waals surface area contributed by atoms with Gasteiger partial charge in [-0.1, -0.05) is 0 Å². The topological polar surface area (TPSA) is 53.0 Å². The fourth-order valence-corrected chi connectivity index (χ4v) is 3.45. The Balaban J connectivity index is 1.77. The molecule has 2 rings (SSSR count). The number of hydrogen-bond acceptors (Lipinski definition) is 4. The molecule has 0 aromatic rings. The van der Waals surface area contributed by atoms with E-state index in [2.05, 4.69) is 4.90 Å². The average Bonchev–Trinajstić information content (AvgIpc) is 2.21. The zero-order valence-corrected chi connectivity index (χ0v) is 14.8. The zero-order chi connectivity index (χ0) is 16.5. The Morgan fingerprint density at radius 2 is 1.77 bits per heavy atom. The lowest BCUT2D eigenvalue weighted by atomic mass is 9.80. The maximum Gasteiger partial charge on any atom is 0.410 e. The zero-order valence-electron chi connectivity index (χ0n) is 14.8. The summed E-state index contributed by atoms with van der Waals surface area (Å²) < 4.78 is 5.41. The number of nitrogens with zero attached hydrogens (tertiary/aromatic N) is 2. The molecular formula is C17H32N2O3. The van der Waals surface area contributed by atoms with Crippen molar-refractivity contribution in [3.63, 3.8) is 0 Å². The largest absolute Gasteiger partial charge is 0.444 e. The van der Waals surface area contributed by atoms with Crippen LogP contribution in [0.3, 0.4) is 0 Å². The molecule has 1 N–H and O–H groups in total. The van der Waals surface area contributed by atoms with E-state index in [1.54, 1.807) is 0 Å². The van der Waals surface area contributed by atoms with Gasteiger partial charge in [0.05, 0.1) is 5.60 Å². The van der Waals surface area contributed by atoms with Crippen LogP contribution in [-0.4, -0.2) is 64.9 Å². The van der Waals surface area contributed by atoms with Crippen molar-refractivity contribution >= 4 is 6.09 Å². The van der Waals surface area contributed by atoms with Gasteiger partial charge in [0.15, 0.2) is 0 Å². The second-order valence-electron chi connectivity index (χ2n) is 8.60. The van der Waals surface area contributed by atoms with E-state index >= 15 is 0 Å². The minimum absolute atomic E-state index is 0.187. The van der Waals surface area contributed by atoms with Gasteiger partial charge in [0, 0.05) is 26.2 Å². The average molecular weight is 312 g/mol. The summed E-state index contributed by atoms with van der Waals surface area (Å²) in [6, 6.07) is 0. The highest BCUT2D eigenvalue weighted by Gasteiger charge is 2.39. The van der Waals surface area contributed by atoms with Crippen molar-refractivity contribution < 1.29 is 14.6 Å². The predicted molar refractivity (Wildman–Crippen MR) is 86.8 cm³/mol. The van der Waals surface area contributed by atoms with Gasteiger partial charge in [0.25, 0.3) is 0 Å². The van der Waals surface area contributed by atoms with Crippen LogP contribution < -0.4 is 0 Å². The highest BCUT2D eigenvalue weighted by Crippen LogP contribution is 2.32. The second-order valence-corrected chi connectivity index (χ2v) is 8.60. The van der Waals surface area contributed by atoms with Crippen LogP contribution in [0.1, 0.15) is 47.5 Å². The minimum atomic E-state index is -0.635. The molecule has 0 aromatic carbocycles. The van der Waals surface area contributed by atoms with E-state index < -0.39 is 11.2 Å². The smallest absolute Gasteiger partial charge is 0.410 e. The third kappa shape index (κ3) is 5.13. The van der Waals surface area contributed by atoms with Crippen molar-refractivity contribution in [2.45, 2.75) is 58.7 Å². The van der Waals surface area contributed by atoms with Crippen molar-refractivity contribution in [1.82, 2.24) is 9.80 Å². The Labute approximate surface area is 134 Å². The maximum atomic E-state index is 12.0. The van der Waals surface area contributed by atoms with E-state index in [9.17, 15) is 9.90 Å². The van der Waals surface area contributed by atoms with Crippen LogP contribution in [-0.2, 0) is 4.74 Å². The monoisotopic (exact) mass is 312 g/mol. The Bertz CT molecular complexity index is 392. The summed E-state index contributed by atoms with van der Waals surface area (Å²) in [5.41, 5.74) is -1.05. The Morgan fingerprint density at radius 3 is 2.32 bits per heavy atom. The number of piperidine rings is 1. The third-order valence-electron chi connectivity index (χ3n) is 4.38. The van der Waals surface area contributed by atoms with Crippen LogP contribution in [0.25, 0.3) is 0 Å². The van der Waals surface area contributed by atoms with Crippen molar-refractivity contribution in [3.05, 3.63) is 0 Å². The molecule has 0 spiro atoms. The molecule has 0 radical (unpaired) electrons. The van der Waals surface area contributed by atoms with Crippen LogP contribution in [0.2, 0.25) is 0 Å². The number of likely N-dealkylation sites (tertiary alicyclic amines) is 2. The molecule has 0 aliphatic carbocycles. The number of carbonyl (C=O) groups is 1. The SMILES string of the molecule is CC(C)(O)CN1CCC[C@H](C2CN(C(=O)OC(C)(C)C)C2)C1. The van der Waals surface area contributed by atoms with Crippen LogP contribution >= 0.6 is 0 Å². The molecule has 2 aliphatic rings. The molecule has 0 saturated carbocycles. The molecule has 2 aliphatic heterocycles. The van der Waals surface area contributed by atoms with Gasteiger partial charge in [-0.15, -0.1) is 0 Å². The maximum absolute atomic E-state index is 12.0. The van der Waals surface area contributed by atoms with E-state index in [0.717, 1.165) is 32.7 Å². The van der Waals surface area contributed by atoms with Gasteiger partial charge in [0.1, 0.15) is 5.60 Å². The lowest BCUT2D eigenvalue weighted by Crippen LogP contribution is -2.56. The molecular weight excluding hydrogens is 280 g/mol. The van der Waals surface area contributed by atoms with Crippen LogP contribution in [0, 0.1) is 11.8 Å². The van der Waals surface area contributed by atoms with Gasteiger partial charge in [-0.2, -0.15) is 0 Å². The summed E-state index contributed by atoms with van der Waals surface area (Å²) in [6.07, 6.45) is 2.23. The number of hydrogen-bond donors (Lipinski definition) is 1. The molecule has 5 heteroatoms. The van der Waals surface area contributed by atoms with Crippen molar-refractivity contribution in [3.8, 4) is 0 Å². The molecule has 0 aromatic heterocycles. The van der Waals surface area contributed by atoms with Crippen LogP contribution in [0.15, 0.2) is 0 Å². The van der Waals surface area contributed by atoms with Gasteiger partial charge in [-0.05, 0) is 65.8 Å². The Kier molecular flexibility index (Phi) is 5.07. The molecule has 128 valence electrons. The molecule has 2 fully saturated rings. The molecule has 2 saturated heterocycles. The fraction of sp³-hybridized carbons (Fsp3) is 0.941. The van der Waals surface area contributed by atoms with Crippen LogP contribution in [0.5, 0.6) is 0 Å². The predicted octanol–water partition coefficient (Wildman–Crippen LogP) is 2.34. The Hall–Kier alpha value is -0.810. The summed E-state index contributed by atoms with van der Waals surface area (Å²) in [4.78, 5) is 16.2. The van der Waals surface area contributed by atoms with E-state index in [1.807, 2.05) is 39.5 Å². The Morgan fingerprint density at radius 1 is 1.14 bits per heavy atom. The molecule has 0 unspecified atom stereocenters. The van der Waals surface area contributed by atoms with Gasteiger partial charge in [0.2, 0.25) is 0 Å². The second kappa shape index (κ2) is 6.36. The van der Waals surface area contributed by atoms with Gasteiger partial charge < -0.3 is 19.6 Å². The minimum Gasteiger partial charge on any atom is -0.444 e. The van der Waals surface area contributed by atoms with E-state index in [0.29, 0.717) is 11.8 Å². The molecule has 1 atom stereocenters. The van der Waals surface area contributed by atoms with Gasteiger partial charge >= 0.3 is 6.09 Å². The van der Waals surface area contributed by atoms with E-state index in [-0.39, 0.29) is 6.09 Å². The number of carbonyl (C=O) groups excluding carboxylic acids is 1. The summed E-state index contributed by atoms with van der Waals surface area (Å²) >= 11 is 0. The fourth-order valence-electron chi connectivity index (χ4n) is 3.45. The molecule has 1 amide bonds.